The Kier molecular flexibility index (Phi) is 8.64. The van der Waals surface area contributed by atoms with Crippen molar-refractivity contribution in [1.82, 2.24) is 4.90 Å². The molecule has 2 aliphatic rings. The molecule has 9 heteroatoms. The molecule has 3 aromatic rings. The quantitative estimate of drug-likeness (QED) is 0.301. The maximum absolute atomic E-state index is 13.6. The first-order valence-electron chi connectivity index (χ1n) is 14.1. The Bertz CT molecular complexity index is 1370. The number of carbonyl (C=O) groups excluding carboxylic acids is 1. The molecular weight excluding hydrogens is 524 g/mol. The number of para-hydroxylation sites is 1. The Morgan fingerprint density at radius 2 is 1.63 bits per heavy atom. The predicted molar refractivity (Wildman–Crippen MR) is 154 cm³/mol. The number of nitrogens with one attached hydrogen (secondary N) is 1. The number of hydrogen-bond donors (Lipinski definition) is 2. The normalized spacial score (nSPS) is 19.6. The lowest BCUT2D eigenvalue weighted by Crippen LogP contribution is -2.36. The minimum Gasteiger partial charge on any atom is -0.494 e. The summed E-state index contributed by atoms with van der Waals surface area (Å²) in [5, 5.41) is 12.9. The molecule has 0 saturated carbocycles. The Morgan fingerprint density at radius 3 is 2.29 bits per heavy atom. The summed E-state index contributed by atoms with van der Waals surface area (Å²) >= 11 is 0. The highest BCUT2D eigenvalue weighted by Gasteiger charge is 2.46. The molecule has 0 aliphatic carbocycles. The molecule has 2 N–H and O–H groups in total. The lowest BCUT2D eigenvalue weighted by Gasteiger charge is -2.28. The van der Waals surface area contributed by atoms with Gasteiger partial charge in [-0.1, -0.05) is 50.2 Å². The van der Waals surface area contributed by atoms with Crippen LogP contribution in [0.25, 0.3) is 0 Å². The molecular formula is C32H36N2O7. The van der Waals surface area contributed by atoms with Crippen molar-refractivity contribution in [2.45, 2.75) is 51.7 Å². The molecule has 5 rings (SSSR count). The van der Waals surface area contributed by atoms with Gasteiger partial charge in [-0.05, 0) is 66.3 Å². The number of nitrogens with zero attached hydrogens (tertiary/aromatic N) is 1. The topological polar surface area (TPSA) is 107 Å². The van der Waals surface area contributed by atoms with Crippen LogP contribution in [0.4, 0.5) is 10.5 Å². The SMILES string of the molecule is CCOc1ccc([C@@H]2[C@H](OC(=O)O)[C@@H](c3ccc4c(c3)OCO4)CN2CC(=O)Nc2c(CC)cccc2CC)cc1. The summed E-state index contributed by atoms with van der Waals surface area (Å²) in [6.45, 7) is 7.17. The molecule has 1 fully saturated rings. The number of aryl methyl sites for hydroxylation is 2. The van der Waals surface area contributed by atoms with Gasteiger partial charge in [-0.3, -0.25) is 9.69 Å². The van der Waals surface area contributed by atoms with Gasteiger partial charge in [0.05, 0.1) is 19.2 Å². The Balaban J connectivity index is 1.49. The third kappa shape index (κ3) is 6.10. The lowest BCUT2D eigenvalue weighted by molar-refractivity contribution is -0.117. The highest BCUT2D eigenvalue weighted by Crippen LogP contribution is 2.45. The number of carboxylic acid groups (broad SMARTS) is 1. The van der Waals surface area contributed by atoms with Crippen LogP contribution in [-0.4, -0.2) is 54.7 Å². The van der Waals surface area contributed by atoms with Crippen LogP contribution >= 0.6 is 0 Å². The van der Waals surface area contributed by atoms with Gasteiger partial charge in [0.15, 0.2) is 11.5 Å². The number of carbonyl (C=O) groups is 2. The molecule has 2 heterocycles. The van der Waals surface area contributed by atoms with E-state index in [1.165, 1.54) is 0 Å². The summed E-state index contributed by atoms with van der Waals surface area (Å²) in [5.74, 6) is 1.44. The summed E-state index contributed by atoms with van der Waals surface area (Å²) < 4.78 is 22.3. The number of anilines is 1. The van der Waals surface area contributed by atoms with Crippen LogP contribution in [0, 0.1) is 0 Å². The van der Waals surface area contributed by atoms with Crippen LogP contribution in [0.15, 0.2) is 60.7 Å². The summed E-state index contributed by atoms with van der Waals surface area (Å²) in [4.78, 5) is 27.5. The van der Waals surface area contributed by atoms with Gasteiger partial charge in [0, 0.05) is 18.2 Å². The molecule has 0 aromatic heterocycles. The standard InChI is InChI=1S/C32H36N2O7/c1-4-20-8-7-9-21(5-2)29(20)33-28(35)18-34-17-25(23-12-15-26-27(16-23)40-19-39-26)31(41-32(36)37)30(34)22-10-13-24(14-11-22)38-6-3/h7-16,25,30-31H,4-6,17-19H2,1-3H3,(H,33,35)(H,36,37)/t25-,30-,31-/m1/s1. The molecule has 9 nitrogen and oxygen atoms in total. The average Bonchev–Trinajstić information content (AvgIpc) is 3.57. The fourth-order valence-corrected chi connectivity index (χ4v) is 5.86. The maximum Gasteiger partial charge on any atom is 0.506 e. The summed E-state index contributed by atoms with van der Waals surface area (Å²) in [6, 6.07) is 18.7. The van der Waals surface area contributed by atoms with E-state index in [0.717, 1.165) is 40.8 Å². The highest BCUT2D eigenvalue weighted by molar-refractivity contribution is 5.94. The smallest absolute Gasteiger partial charge is 0.494 e. The molecule has 1 amide bonds. The fraction of sp³-hybridized carbons (Fsp3) is 0.375. The van der Waals surface area contributed by atoms with E-state index < -0.39 is 18.3 Å². The number of fused-ring (bicyclic) bond motifs is 1. The zero-order chi connectivity index (χ0) is 28.9. The van der Waals surface area contributed by atoms with E-state index in [4.69, 9.17) is 18.9 Å². The second kappa shape index (κ2) is 12.5. The van der Waals surface area contributed by atoms with E-state index in [9.17, 15) is 14.7 Å². The van der Waals surface area contributed by atoms with E-state index in [1.54, 1.807) is 0 Å². The summed E-state index contributed by atoms with van der Waals surface area (Å²) in [6.07, 6.45) is -0.550. The van der Waals surface area contributed by atoms with Crippen molar-refractivity contribution in [2.75, 3.05) is 31.8 Å². The maximum atomic E-state index is 13.6. The van der Waals surface area contributed by atoms with Crippen LogP contribution in [-0.2, 0) is 22.4 Å². The minimum absolute atomic E-state index is 0.0552. The van der Waals surface area contributed by atoms with E-state index >= 15 is 0 Å². The van der Waals surface area contributed by atoms with Crippen LogP contribution in [0.5, 0.6) is 17.2 Å². The third-order valence-electron chi connectivity index (χ3n) is 7.74. The van der Waals surface area contributed by atoms with Gasteiger partial charge < -0.3 is 29.4 Å². The largest absolute Gasteiger partial charge is 0.506 e. The van der Waals surface area contributed by atoms with Gasteiger partial charge in [0.25, 0.3) is 0 Å². The van der Waals surface area contributed by atoms with Crippen LogP contribution in [0.3, 0.4) is 0 Å². The molecule has 0 spiro atoms. The van der Waals surface area contributed by atoms with Gasteiger partial charge in [-0.2, -0.15) is 0 Å². The third-order valence-corrected chi connectivity index (χ3v) is 7.74. The Hall–Kier alpha value is -4.24. The number of hydrogen-bond acceptors (Lipinski definition) is 7. The van der Waals surface area contributed by atoms with E-state index in [2.05, 4.69) is 19.2 Å². The summed E-state index contributed by atoms with van der Waals surface area (Å²) in [7, 11) is 0. The number of rotatable bonds is 10. The van der Waals surface area contributed by atoms with Crippen LogP contribution in [0.2, 0.25) is 0 Å². The number of likely N-dealkylation sites (tertiary alicyclic amines) is 1. The molecule has 2 aliphatic heterocycles. The lowest BCUT2D eigenvalue weighted by atomic mass is 9.90. The van der Waals surface area contributed by atoms with Crippen molar-refractivity contribution in [1.29, 1.82) is 0 Å². The molecule has 216 valence electrons. The Labute approximate surface area is 240 Å². The second-order valence-electron chi connectivity index (χ2n) is 10.2. The molecule has 0 radical (unpaired) electrons. The van der Waals surface area contributed by atoms with E-state index in [-0.39, 0.29) is 25.2 Å². The fourth-order valence-electron chi connectivity index (χ4n) is 5.86. The van der Waals surface area contributed by atoms with E-state index in [0.29, 0.717) is 30.4 Å². The van der Waals surface area contributed by atoms with Gasteiger partial charge in [-0.25, -0.2) is 4.79 Å². The number of amides is 1. The number of benzene rings is 3. The van der Waals surface area contributed by atoms with Gasteiger partial charge in [0.2, 0.25) is 12.7 Å². The monoisotopic (exact) mass is 560 g/mol. The van der Waals surface area contributed by atoms with Crippen molar-refractivity contribution >= 4 is 17.7 Å². The summed E-state index contributed by atoms with van der Waals surface area (Å²) in [5.41, 5.74) is 4.69. The minimum atomic E-state index is -1.37. The molecule has 0 unspecified atom stereocenters. The van der Waals surface area contributed by atoms with Crippen LogP contribution < -0.4 is 19.5 Å². The first-order chi connectivity index (χ1) is 19.9. The number of ether oxygens (including phenoxy) is 4. The molecule has 0 bridgehead atoms. The second-order valence-corrected chi connectivity index (χ2v) is 10.2. The molecule has 41 heavy (non-hydrogen) atoms. The molecule has 3 aromatic carbocycles. The van der Waals surface area contributed by atoms with Crippen LogP contribution in [0.1, 0.15) is 55.0 Å². The highest BCUT2D eigenvalue weighted by atomic mass is 16.7. The molecule has 3 atom stereocenters. The van der Waals surface area contributed by atoms with Crippen molar-refractivity contribution in [3.63, 3.8) is 0 Å². The van der Waals surface area contributed by atoms with Gasteiger partial charge in [0.1, 0.15) is 11.9 Å². The van der Waals surface area contributed by atoms with E-state index in [1.807, 2.05) is 72.5 Å². The van der Waals surface area contributed by atoms with Crippen molar-refractivity contribution < 1.29 is 33.6 Å². The van der Waals surface area contributed by atoms with Crippen molar-refractivity contribution in [3.05, 3.63) is 82.9 Å². The average molecular weight is 561 g/mol. The zero-order valence-electron chi connectivity index (χ0n) is 23.6. The zero-order valence-corrected chi connectivity index (χ0v) is 23.6. The first kappa shape index (κ1) is 28.3. The van der Waals surface area contributed by atoms with Gasteiger partial charge in [-0.15, -0.1) is 0 Å². The predicted octanol–water partition coefficient (Wildman–Crippen LogP) is 5.78. The van der Waals surface area contributed by atoms with Gasteiger partial charge >= 0.3 is 6.16 Å². The van der Waals surface area contributed by atoms with Crippen molar-refractivity contribution in [2.24, 2.45) is 0 Å². The Morgan fingerprint density at radius 1 is 0.951 bits per heavy atom. The van der Waals surface area contributed by atoms with Crippen molar-refractivity contribution in [3.8, 4) is 17.2 Å². The molecule has 1 saturated heterocycles. The first-order valence-corrected chi connectivity index (χ1v) is 14.1.